The van der Waals surface area contributed by atoms with Gasteiger partial charge in [0, 0.05) is 18.7 Å². The number of carbonyl (C=O) groups is 1. The van der Waals surface area contributed by atoms with Crippen molar-refractivity contribution in [3.63, 3.8) is 0 Å². The molecule has 0 aromatic carbocycles. The van der Waals surface area contributed by atoms with E-state index in [1.165, 1.54) is 0 Å². The Morgan fingerprint density at radius 3 is 2.35 bits per heavy atom. The third-order valence-corrected chi connectivity index (χ3v) is 3.02. The molecule has 3 N–H and O–H groups in total. The van der Waals surface area contributed by atoms with Crippen LogP contribution in [0.2, 0.25) is 0 Å². The summed E-state index contributed by atoms with van der Waals surface area (Å²) in [5, 5.41) is 15.1. The lowest BCUT2D eigenvalue weighted by molar-refractivity contribution is -0.122. The molecule has 0 aromatic heterocycles. The number of rotatable bonds is 7. The smallest absolute Gasteiger partial charge is 0.234 e. The van der Waals surface area contributed by atoms with Gasteiger partial charge in [-0.2, -0.15) is 0 Å². The van der Waals surface area contributed by atoms with Gasteiger partial charge in [0.1, 0.15) is 0 Å². The molecule has 2 unspecified atom stereocenters. The van der Waals surface area contributed by atoms with Crippen molar-refractivity contribution in [1.82, 2.24) is 10.6 Å². The van der Waals surface area contributed by atoms with Gasteiger partial charge >= 0.3 is 0 Å². The van der Waals surface area contributed by atoms with Gasteiger partial charge in [-0.1, -0.05) is 27.7 Å². The van der Waals surface area contributed by atoms with E-state index < -0.39 is 0 Å². The van der Waals surface area contributed by atoms with Gasteiger partial charge in [0.25, 0.3) is 0 Å². The minimum absolute atomic E-state index is 0.00123. The van der Waals surface area contributed by atoms with Crippen LogP contribution in [0.5, 0.6) is 0 Å². The Labute approximate surface area is 105 Å². The zero-order valence-electron chi connectivity index (χ0n) is 11.8. The number of hydrogen-bond donors (Lipinski definition) is 3. The molecule has 0 aliphatic heterocycles. The lowest BCUT2D eigenvalue weighted by atomic mass is 9.85. The molecule has 4 nitrogen and oxygen atoms in total. The molecule has 0 spiro atoms. The molecular weight excluding hydrogens is 216 g/mol. The van der Waals surface area contributed by atoms with E-state index in [1.54, 1.807) is 0 Å². The van der Waals surface area contributed by atoms with Crippen molar-refractivity contribution in [2.24, 2.45) is 5.41 Å². The average molecular weight is 244 g/mol. The molecule has 0 aliphatic carbocycles. The molecule has 17 heavy (non-hydrogen) atoms. The Morgan fingerprint density at radius 1 is 1.35 bits per heavy atom. The van der Waals surface area contributed by atoms with E-state index in [0.717, 1.165) is 6.42 Å². The summed E-state index contributed by atoms with van der Waals surface area (Å²) in [7, 11) is 0. The maximum atomic E-state index is 11.7. The van der Waals surface area contributed by atoms with Gasteiger partial charge < -0.3 is 15.7 Å². The van der Waals surface area contributed by atoms with Crippen LogP contribution in [-0.2, 0) is 4.79 Å². The van der Waals surface area contributed by atoms with Crippen LogP contribution in [0.25, 0.3) is 0 Å². The number of aliphatic hydroxyl groups excluding tert-OH is 1. The molecule has 4 heteroatoms. The molecule has 2 atom stereocenters. The third-order valence-electron chi connectivity index (χ3n) is 3.02. The second-order valence-corrected chi connectivity index (χ2v) is 5.69. The van der Waals surface area contributed by atoms with Gasteiger partial charge in [-0.25, -0.2) is 0 Å². The largest absolute Gasteiger partial charge is 0.396 e. The number of nitrogens with one attached hydrogen (secondary N) is 2. The summed E-state index contributed by atoms with van der Waals surface area (Å²) in [4.78, 5) is 11.7. The summed E-state index contributed by atoms with van der Waals surface area (Å²) < 4.78 is 0. The fourth-order valence-electron chi connectivity index (χ4n) is 1.51. The Kier molecular flexibility index (Phi) is 7.39. The monoisotopic (exact) mass is 244 g/mol. The summed E-state index contributed by atoms with van der Waals surface area (Å²) in [5.41, 5.74) is -0.0330. The summed E-state index contributed by atoms with van der Waals surface area (Å²) in [6, 6.07) is 0.366. The predicted octanol–water partition coefficient (Wildman–Crippen LogP) is 1.29. The molecule has 1 amide bonds. The van der Waals surface area contributed by atoms with Crippen molar-refractivity contribution in [1.29, 1.82) is 0 Å². The van der Waals surface area contributed by atoms with E-state index in [0.29, 0.717) is 19.0 Å². The summed E-state index contributed by atoms with van der Waals surface area (Å²) in [5.74, 6) is -0.00123. The van der Waals surface area contributed by atoms with Crippen molar-refractivity contribution >= 4 is 5.91 Å². The number of aliphatic hydroxyl groups is 1. The van der Waals surface area contributed by atoms with Gasteiger partial charge in [0.2, 0.25) is 5.91 Å². The quantitative estimate of drug-likeness (QED) is 0.632. The Hall–Kier alpha value is -0.610. The molecule has 0 saturated carbocycles. The molecule has 0 aliphatic rings. The maximum Gasteiger partial charge on any atom is 0.234 e. The van der Waals surface area contributed by atoms with Crippen molar-refractivity contribution < 1.29 is 9.90 Å². The van der Waals surface area contributed by atoms with Crippen LogP contribution in [0.4, 0.5) is 0 Å². The lowest BCUT2D eigenvalue weighted by Gasteiger charge is -2.31. The highest BCUT2D eigenvalue weighted by Gasteiger charge is 2.25. The molecule has 0 heterocycles. The third kappa shape index (κ3) is 7.34. The molecule has 0 bridgehead atoms. The number of hydrogen-bond acceptors (Lipinski definition) is 3. The summed E-state index contributed by atoms with van der Waals surface area (Å²) in [6.45, 7) is 10.8. The Balaban J connectivity index is 4.13. The SMILES string of the molecule is CCC(C)NCC(=O)NC(CCO)C(C)(C)C. The maximum absolute atomic E-state index is 11.7. The molecule has 0 rings (SSSR count). The first-order valence-electron chi connectivity index (χ1n) is 6.44. The van der Waals surface area contributed by atoms with Crippen LogP contribution in [0, 0.1) is 5.41 Å². The van der Waals surface area contributed by atoms with Crippen molar-refractivity contribution in [2.45, 2.75) is 59.5 Å². The van der Waals surface area contributed by atoms with Crippen LogP contribution < -0.4 is 10.6 Å². The average Bonchev–Trinajstić information content (AvgIpc) is 2.24. The van der Waals surface area contributed by atoms with Crippen LogP contribution in [0.1, 0.15) is 47.5 Å². The van der Waals surface area contributed by atoms with Crippen molar-refractivity contribution in [2.75, 3.05) is 13.2 Å². The summed E-state index contributed by atoms with van der Waals surface area (Å²) in [6.07, 6.45) is 1.60. The lowest BCUT2D eigenvalue weighted by Crippen LogP contribution is -2.48. The van der Waals surface area contributed by atoms with Gasteiger partial charge in [-0.15, -0.1) is 0 Å². The number of amides is 1. The number of carbonyl (C=O) groups excluding carboxylic acids is 1. The summed E-state index contributed by atoms with van der Waals surface area (Å²) >= 11 is 0. The van der Waals surface area contributed by atoms with Crippen LogP contribution >= 0.6 is 0 Å². The normalized spacial score (nSPS) is 15.4. The van der Waals surface area contributed by atoms with Gasteiger partial charge in [0.05, 0.1) is 6.54 Å². The fraction of sp³-hybridized carbons (Fsp3) is 0.923. The first-order chi connectivity index (χ1) is 7.81. The molecule has 0 radical (unpaired) electrons. The van der Waals surface area contributed by atoms with E-state index in [9.17, 15) is 4.79 Å². The van der Waals surface area contributed by atoms with Gasteiger partial charge in [0.15, 0.2) is 0 Å². The van der Waals surface area contributed by atoms with Crippen LogP contribution in [-0.4, -0.2) is 36.2 Å². The zero-order chi connectivity index (χ0) is 13.5. The van der Waals surface area contributed by atoms with Crippen LogP contribution in [0.3, 0.4) is 0 Å². The minimum Gasteiger partial charge on any atom is -0.396 e. The van der Waals surface area contributed by atoms with Crippen molar-refractivity contribution in [3.05, 3.63) is 0 Å². The molecule has 0 fully saturated rings. The predicted molar refractivity (Wildman–Crippen MR) is 70.8 cm³/mol. The minimum atomic E-state index is -0.0330. The first-order valence-corrected chi connectivity index (χ1v) is 6.44. The van der Waals surface area contributed by atoms with Gasteiger partial charge in [-0.05, 0) is 25.2 Å². The topological polar surface area (TPSA) is 61.4 Å². The molecule has 0 saturated heterocycles. The fourth-order valence-corrected chi connectivity index (χ4v) is 1.51. The van der Waals surface area contributed by atoms with E-state index in [1.807, 2.05) is 0 Å². The van der Waals surface area contributed by atoms with Gasteiger partial charge in [-0.3, -0.25) is 4.79 Å². The Bertz CT molecular complexity index is 224. The zero-order valence-corrected chi connectivity index (χ0v) is 11.8. The molecule has 0 aromatic rings. The van der Waals surface area contributed by atoms with E-state index in [4.69, 9.17) is 5.11 Å². The second kappa shape index (κ2) is 7.67. The Morgan fingerprint density at radius 2 is 1.94 bits per heavy atom. The molecular formula is C13H28N2O2. The van der Waals surface area contributed by atoms with E-state index in [-0.39, 0.29) is 24.0 Å². The van der Waals surface area contributed by atoms with Crippen molar-refractivity contribution in [3.8, 4) is 0 Å². The second-order valence-electron chi connectivity index (χ2n) is 5.69. The van der Waals surface area contributed by atoms with E-state index >= 15 is 0 Å². The van der Waals surface area contributed by atoms with Crippen LogP contribution in [0.15, 0.2) is 0 Å². The highest BCUT2D eigenvalue weighted by atomic mass is 16.3. The first kappa shape index (κ1) is 16.4. The molecule has 102 valence electrons. The van der Waals surface area contributed by atoms with E-state index in [2.05, 4.69) is 45.3 Å². The highest BCUT2D eigenvalue weighted by molar-refractivity contribution is 5.78. The standard InChI is InChI=1S/C13H28N2O2/c1-6-10(2)14-9-12(17)15-11(7-8-16)13(3,4)5/h10-11,14,16H,6-9H2,1-5H3,(H,15,17). The highest BCUT2D eigenvalue weighted by Crippen LogP contribution is 2.21.